The molecule has 2 aliphatic rings. The molecule has 1 aromatic rings. The van der Waals surface area contributed by atoms with Gasteiger partial charge >= 0.3 is 0 Å². The van der Waals surface area contributed by atoms with E-state index in [2.05, 4.69) is 19.1 Å². The molecule has 1 saturated carbocycles. The minimum Gasteiger partial charge on any atom is -0.479 e. The predicted molar refractivity (Wildman–Crippen MR) is 92.7 cm³/mol. The van der Waals surface area contributed by atoms with Crippen LogP contribution in [0.25, 0.3) is 0 Å². The Hall–Kier alpha value is -1.55. The molecule has 4 heteroatoms. The average molecular weight is 316 g/mol. The third-order valence-electron chi connectivity index (χ3n) is 5.18. The van der Waals surface area contributed by atoms with Gasteiger partial charge in [0.2, 0.25) is 0 Å². The molecule has 0 bridgehead atoms. The first kappa shape index (κ1) is 16.3. The highest BCUT2D eigenvalue weighted by Gasteiger charge is 2.32. The van der Waals surface area contributed by atoms with Crippen molar-refractivity contribution in [2.75, 3.05) is 11.4 Å². The van der Waals surface area contributed by atoms with Crippen LogP contribution in [0.4, 0.5) is 5.69 Å². The zero-order valence-corrected chi connectivity index (χ0v) is 14.3. The van der Waals surface area contributed by atoms with Gasteiger partial charge in [0.1, 0.15) is 5.75 Å². The van der Waals surface area contributed by atoms with Gasteiger partial charge in [-0.2, -0.15) is 0 Å². The van der Waals surface area contributed by atoms with Crippen molar-refractivity contribution in [2.24, 2.45) is 11.7 Å². The van der Waals surface area contributed by atoms with Gasteiger partial charge in [-0.25, -0.2) is 0 Å². The van der Waals surface area contributed by atoms with Crippen LogP contribution in [0, 0.1) is 5.92 Å². The third kappa shape index (κ3) is 3.23. The molecule has 2 unspecified atom stereocenters. The van der Waals surface area contributed by atoms with Crippen molar-refractivity contribution < 1.29 is 9.53 Å². The molecule has 2 atom stereocenters. The number of carbonyl (C=O) groups excluding carboxylic acids is 1. The highest BCUT2D eigenvalue weighted by molar-refractivity contribution is 5.99. The minimum absolute atomic E-state index is 0.0442. The molecular weight excluding hydrogens is 288 g/mol. The number of nitrogens with two attached hydrogens (primary N) is 1. The summed E-state index contributed by atoms with van der Waals surface area (Å²) in [7, 11) is 0. The van der Waals surface area contributed by atoms with E-state index in [-0.39, 0.29) is 11.9 Å². The summed E-state index contributed by atoms with van der Waals surface area (Å²) < 4.78 is 5.77. The van der Waals surface area contributed by atoms with Crippen LogP contribution in [0.5, 0.6) is 5.75 Å². The van der Waals surface area contributed by atoms with E-state index in [9.17, 15) is 4.79 Å². The number of hydrogen-bond acceptors (Lipinski definition) is 3. The summed E-state index contributed by atoms with van der Waals surface area (Å²) in [6.07, 6.45) is 6.84. The zero-order valence-electron chi connectivity index (χ0n) is 14.3. The molecule has 2 N–H and O–H groups in total. The van der Waals surface area contributed by atoms with Crippen LogP contribution in [-0.2, 0) is 4.79 Å². The lowest BCUT2D eigenvalue weighted by Gasteiger charge is -2.34. The monoisotopic (exact) mass is 316 g/mol. The molecule has 0 aromatic heterocycles. The third-order valence-corrected chi connectivity index (χ3v) is 5.18. The van der Waals surface area contributed by atoms with Crippen molar-refractivity contribution in [3.05, 3.63) is 23.8 Å². The molecule has 1 aliphatic heterocycles. The fraction of sp³-hybridized carbons (Fsp3) is 0.632. The molecule has 23 heavy (non-hydrogen) atoms. The van der Waals surface area contributed by atoms with Crippen molar-refractivity contribution in [3.8, 4) is 5.75 Å². The van der Waals surface area contributed by atoms with Crippen LogP contribution in [0.15, 0.2) is 18.2 Å². The van der Waals surface area contributed by atoms with E-state index in [1.165, 1.54) is 32.1 Å². The lowest BCUT2D eigenvalue weighted by molar-refractivity contribution is -0.125. The van der Waals surface area contributed by atoms with Crippen molar-refractivity contribution in [1.82, 2.24) is 0 Å². The molecule has 0 radical (unpaired) electrons. The van der Waals surface area contributed by atoms with Crippen molar-refractivity contribution in [2.45, 2.75) is 64.5 Å². The average Bonchev–Trinajstić information content (AvgIpc) is 2.59. The van der Waals surface area contributed by atoms with Crippen LogP contribution in [0.3, 0.4) is 0 Å². The highest BCUT2D eigenvalue weighted by Crippen LogP contribution is 2.39. The molecule has 3 rings (SSSR count). The first-order valence-corrected chi connectivity index (χ1v) is 8.99. The molecule has 1 amide bonds. The van der Waals surface area contributed by atoms with Gasteiger partial charge in [0, 0.05) is 12.6 Å². The first-order valence-electron chi connectivity index (χ1n) is 8.99. The number of anilines is 1. The summed E-state index contributed by atoms with van der Waals surface area (Å²) in [5, 5.41) is 0. The van der Waals surface area contributed by atoms with E-state index < -0.39 is 6.10 Å². The topological polar surface area (TPSA) is 55.6 Å². The molecule has 1 heterocycles. The van der Waals surface area contributed by atoms with Crippen LogP contribution >= 0.6 is 0 Å². The van der Waals surface area contributed by atoms with Gasteiger partial charge in [0.25, 0.3) is 5.91 Å². The molecular formula is C19H28N2O2. The summed E-state index contributed by atoms with van der Waals surface area (Å²) in [6.45, 7) is 4.63. The lowest BCUT2D eigenvalue weighted by Crippen LogP contribution is -2.44. The largest absolute Gasteiger partial charge is 0.479 e. The summed E-state index contributed by atoms with van der Waals surface area (Å²) >= 11 is 0. The van der Waals surface area contributed by atoms with Crippen LogP contribution in [-0.4, -0.2) is 18.6 Å². The molecule has 126 valence electrons. The summed E-state index contributed by atoms with van der Waals surface area (Å²) in [5.41, 5.74) is 8.56. The van der Waals surface area contributed by atoms with Crippen LogP contribution in [0.1, 0.15) is 64.0 Å². The second kappa shape index (κ2) is 6.91. The van der Waals surface area contributed by atoms with Gasteiger partial charge < -0.3 is 15.4 Å². The van der Waals surface area contributed by atoms with Crippen molar-refractivity contribution >= 4 is 11.6 Å². The standard InChI is InChI=1S/C19H28N2O2/c1-3-11-21-16-12-15(18(20)14-7-5-4-6-8-14)9-10-17(16)23-13(2)19(21)22/h9-10,12-14,18H,3-8,11,20H2,1-2H3. The smallest absolute Gasteiger partial charge is 0.267 e. The summed E-state index contributed by atoms with van der Waals surface area (Å²) in [5.74, 6) is 1.40. The number of ether oxygens (including phenoxy) is 1. The number of benzene rings is 1. The van der Waals surface area contributed by atoms with Gasteiger partial charge in [-0.15, -0.1) is 0 Å². The molecule has 1 fully saturated rings. The van der Waals surface area contributed by atoms with E-state index >= 15 is 0 Å². The quantitative estimate of drug-likeness (QED) is 0.919. The van der Waals surface area contributed by atoms with E-state index in [1.807, 2.05) is 17.9 Å². The Kier molecular flexibility index (Phi) is 4.90. The van der Waals surface area contributed by atoms with Crippen molar-refractivity contribution in [3.63, 3.8) is 0 Å². The molecule has 4 nitrogen and oxygen atoms in total. The SMILES string of the molecule is CCCN1C(=O)C(C)Oc2ccc(C(N)C3CCCCC3)cc21. The molecule has 1 aromatic carbocycles. The van der Waals surface area contributed by atoms with Gasteiger partial charge in [0.05, 0.1) is 5.69 Å². The van der Waals surface area contributed by atoms with Gasteiger partial charge in [0.15, 0.2) is 6.10 Å². The fourth-order valence-corrected chi connectivity index (χ4v) is 3.85. The van der Waals surface area contributed by atoms with Crippen molar-refractivity contribution in [1.29, 1.82) is 0 Å². The Balaban J connectivity index is 1.89. The molecule has 0 saturated heterocycles. The Labute approximate surface area is 139 Å². The highest BCUT2D eigenvalue weighted by atomic mass is 16.5. The van der Waals surface area contributed by atoms with E-state index in [1.54, 1.807) is 0 Å². The maximum absolute atomic E-state index is 12.4. The Bertz CT molecular complexity index is 566. The fourth-order valence-electron chi connectivity index (χ4n) is 3.85. The first-order chi connectivity index (χ1) is 11.1. The number of carbonyl (C=O) groups is 1. The number of hydrogen-bond donors (Lipinski definition) is 1. The number of fused-ring (bicyclic) bond motifs is 1. The zero-order chi connectivity index (χ0) is 16.4. The maximum atomic E-state index is 12.4. The van der Waals surface area contributed by atoms with Gasteiger partial charge in [-0.05, 0) is 49.8 Å². The predicted octanol–water partition coefficient (Wildman–Crippen LogP) is 3.79. The molecule has 0 spiro atoms. The van der Waals surface area contributed by atoms with Gasteiger partial charge in [-0.1, -0.05) is 32.3 Å². The van der Waals surface area contributed by atoms with E-state index in [0.29, 0.717) is 5.92 Å². The van der Waals surface area contributed by atoms with E-state index in [0.717, 1.165) is 30.0 Å². The van der Waals surface area contributed by atoms with E-state index in [4.69, 9.17) is 10.5 Å². The number of rotatable bonds is 4. The normalized spacial score (nSPS) is 23.3. The summed E-state index contributed by atoms with van der Waals surface area (Å²) in [6, 6.07) is 6.19. The Morgan fingerprint density at radius 1 is 1.30 bits per heavy atom. The lowest BCUT2D eigenvalue weighted by atomic mass is 9.81. The Morgan fingerprint density at radius 2 is 2.04 bits per heavy atom. The van der Waals surface area contributed by atoms with Crippen LogP contribution in [0.2, 0.25) is 0 Å². The number of amides is 1. The maximum Gasteiger partial charge on any atom is 0.267 e. The second-order valence-corrected chi connectivity index (χ2v) is 6.90. The molecule has 1 aliphatic carbocycles. The van der Waals surface area contributed by atoms with Gasteiger partial charge in [-0.3, -0.25) is 4.79 Å². The minimum atomic E-state index is -0.410. The number of nitrogens with zero attached hydrogens (tertiary/aromatic N) is 1. The Morgan fingerprint density at radius 3 is 2.74 bits per heavy atom. The summed E-state index contributed by atoms with van der Waals surface area (Å²) in [4.78, 5) is 14.3. The van der Waals surface area contributed by atoms with Crippen LogP contribution < -0.4 is 15.4 Å². The second-order valence-electron chi connectivity index (χ2n) is 6.90.